The molecule has 17 heavy (non-hydrogen) atoms. The second-order valence-corrected chi connectivity index (χ2v) is 6.37. The lowest BCUT2D eigenvalue weighted by atomic mass is 9.80. The molecule has 2 nitrogen and oxygen atoms in total. The Morgan fingerprint density at radius 1 is 1.12 bits per heavy atom. The maximum atomic E-state index is 3.51. The molecule has 0 saturated heterocycles. The number of hydrogen-bond donors (Lipinski definition) is 1. The zero-order valence-corrected chi connectivity index (χ0v) is 11.8. The maximum absolute atomic E-state index is 3.51. The van der Waals surface area contributed by atoms with Gasteiger partial charge in [0.05, 0.1) is 0 Å². The van der Waals surface area contributed by atoms with Crippen LogP contribution >= 0.6 is 0 Å². The molecule has 1 atom stereocenters. The van der Waals surface area contributed by atoms with Gasteiger partial charge in [0.25, 0.3) is 0 Å². The molecule has 2 fully saturated rings. The van der Waals surface area contributed by atoms with Gasteiger partial charge >= 0.3 is 0 Å². The fraction of sp³-hybridized carbons (Fsp3) is 1.00. The van der Waals surface area contributed by atoms with Crippen molar-refractivity contribution in [2.45, 2.75) is 57.4 Å². The van der Waals surface area contributed by atoms with Gasteiger partial charge in [0, 0.05) is 12.6 Å². The second kappa shape index (κ2) is 6.75. The van der Waals surface area contributed by atoms with Gasteiger partial charge in [-0.05, 0) is 45.3 Å². The van der Waals surface area contributed by atoms with Crippen LogP contribution in [0.5, 0.6) is 0 Å². The monoisotopic (exact) mass is 238 g/mol. The molecule has 0 aromatic heterocycles. The molecule has 1 N–H and O–H groups in total. The molecular formula is C15H30N2. The average Bonchev–Trinajstić information content (AvgIpc) is 2.19. The van der Waals surface area contributed by atoms with Crippen LogP contribution in [0.25, 0.3) is 0 Å². The van der Waals surface area contributed by atoms with Crippen molar-refractivity contribution in [2.24, 2.45) is 11.8 Å². The van der Waals surface area contributed by atoms with E-state index in [4.69, 9.17) is 0 Å². The molecule has 0 spiro atoms. The summed E-state index contributed by atoms with van der Waals surface area (Å²) in [6, 6.07) is 0.715. The molecule has 0 aliphatic heterocycles. The van der Waals surface area contributed by atoms with E-state index in [1.807, 2.05) is 0 Å². The lowest BCUT2D eigenvalue weighted by Gasteiger charge is -2.33. The molecule has 0 unspecified atom stereocenters. The molecule has 2 heteroatoms. The molecule has 2 aliphatic carbocycles. The molecule has 0 aromatic rings. The molecule has 0 heterocycles. The normalized spacial score (nSPS) is 23.5. The molecule has 2 saturated carbocycles. The van der Waals surface area contributed by atoms with E-state index < -0.39 is 0 Å². The van der Waals surface area contributed by atoms with E-state index in [1.165, 1.54) is 64.5 Å². The van der Waals surface area contributed by atoms with Gasteiger partial charge in [0.15, 0.2) is 0 Å². The van der Waals surface area contributed by atoms with Crippen LogP contribution in [-0.2, 0) is 0 Å². The maximum Gasteiger partial charge on any atom is 0.0194 e. The molecule has 0 aromatic carbocycles. The third kappa shape index (κ3) is 4.26. The van der Waals surface area contributed by atoms with Crippen molar-refractivity contribution < 1.29 is 0 Å². The van der Waals surface area contributed by atoms with Crippen LogP contribution in [0.4, 0.5) is 0 Å². The van der Waals surface area contributed by atoms with Crippen LogP contribution in [0.1, 0.15) is 51.4 Å². The van der Waals surface area contributed by atoms with Crippen LogP contribution in [0.15, 0.2) is 0 Å². The lowest BCUT2D eigenvalue weighted by Crippen LogP contribution is -2.40. The minimum atomic E-state index is 0.715. The summed E-state index contributed by atoms with van der Waals surface area (Å²) in [5, 5.41) is 3.51. The van der Waals surface area contributed by atoms with Crippen LogP contribution in [0.2, 0.25) is 0 Å². The Morgan fingerprint density at radius 3 is 2.24 bits per heavy atom. The van der Waals surface area contributed by atoms with Gasteiger partial charge in [-0.3, -0.25) is 0 Å². The quantitative estimate of drug-likeness (QED) is 0.699. The summed E-state index contributed by atoms with van der Waals surface area (Å²) >= 11 is 0. The summed E-state index contributed by atoms with van der Waals surface area (Å²) in [5.74, 6) is 2.07. The SMILES string of the molecule is CN[C@@H](CC1CCC1)CN(C)CCC1CCC1. The number of hydrogen-bond acceptors (Lipinski definition) is 2. The minimum Gasteiger partial charge on any atom is -0.316 e. The number of likely N-dealkylation sites (N-methyl/N-ethyl adjacent to an activating group) is 2. The number of nitrogens with zero attached hydrogens (tertiary/aromatic N) is 1. The van der Waals surface area contributed by atoms with Crippen LogP contribution in [0.3, 0.4) is 0 Å². The summed E-state index contributed by atoms with van der Waals surface area (Å²) < 4.78 is 0. The predicted molar refractivity (Wildman–Crippen MR) is 74.3 cm³/mol. The molecule has 0 radical (unpaired) electrons. The Bertz CT molecular complexity index is 209. The van der Waals surface area contributed by atoms with Gasteiger partial charge in [0.2, 0.25) is 0 Å². The van der Waals surface area contributed by atoms with Gasteiger partial charge < -0.3 is 10.2 Å². The van der Waals surface area contributed by atoms with Gasteiger partial charge in [-0.25, -0.2) is 0 Å². The van der Waals surface area contributed by atoms with E-state index in [0.717, 1.165) is 11.8 Å². The Balaban J connectivity index is 1.58. The molecule has 100 valence electrons. The van der Waals surface area contributed by atoms with Gasteiger partial charge in [-0.2, -0.15) is 0 Å². The van der Waals surface area contributed by atoms with Crippen molar-refractivity contribution >= 4 is 0 Å². The Kier molecular flexibility index (Phi) is 5.30. The van der Waals surface area contributed by atoms with E-state index in [0.29, 0.717) is 6.04 Å². The van der Waals surface area contributed by atoms with E-state index in [1.54, 1.807) is 0 Å². The van der Waals surface area contributed by atoms with Crippen molar-refractivity contribution in [3.63, 3.8) is 0 Å². The summed E-state index contributed by atoms with van der Waals surface area (Å²) in [6.45, 7) is 2.53. The first-order chi connectivity index (χ1) is 8.28. The largest absolute Gasteiger partial charge is 0.316 e. The zero-order chi connectivity index (χ0) is 12.1. The summed E-state index contributed by atoms with van der Waals surface area (Å²) in [4.78, 5) is 2.54. The lowest BCUT2D eigenvalue weighted by molar-refractivity contribution is 0.201. The number of rotatable bonds is 8. The highest BCUT2D eigenvalue weighted by Crippen LogP contribution is 2.31. The molecule has 0 amide bonds. The first-order valence-corrected chi connectivity index (χ1v) is 7.63. The predicted octanol–water partition coefficient (Wildman–Crippen LogP) is 2.89. The van der Waals surface area contributed by atoms with Crippen LogP contribution < -0.4 is 5.32 Å². The highest BCUT2D eigenvalue weighted by atomic mass is 15.1. The Labute approximate surface area is 107 Å². The smallest absolute Gasteiger partial charge is 0.0194 e. The fourth-order valence-corrected chi connectivity index (χ4v) is 3.07. The highest BCUT2D eigenvalue weighted by molar-refractivity contribution is 4.79. The summed E-state index contributed by atoms with van der Waals surface area (Å²) in [7, 11) is 4.42. The second-order valence-electron chi connectivity index (χ2n) is 6.37. The highest BCUT2D eigenvalue weighted by Gasteiger charge is 2.22. The van der Waals surface area contributed by atoms with E-state index in [-0.39, 0.29) is 0 Å². The number of nitrogens with one attached hydrogen (secondary N) is 1. The van der Waals surface area contributed by atoms with Crippen molar-refractivity contribution in [3.05, 3.63) is 0 Å². The van der Waals surface area contributed by atoms with Crippen molar-refractivity contribution in [1.82, 2.24) is 10.2 Å². The van der Waals surface area contributed by atoms with Gasteiger partial charge in [-0.15, -0.1) is 0 Å². The van der Waals surface area contributed by atoms with Crippen LogP contribution in [0, 0.1) is 11.8 Å². The Morgan fingerprint density at radius 2 is 1.76 bits per heavy atom. The average molecular weight is 238 g/mol. The zero-order valence-electron chi connectivity index (χ0n) is 11.8. The standard InChI is InChI=1S/C15H30N2/c1-16-15(11-14-7-4-8-14)12-17(2)10-9-13-5-3-6-13/h13-16H,3-12H2,1-2H3/t15-/m0/s1. The van der Waals surface area contributed by atoms with E-state index in [2.05, 4.69) is 24.3 Å². The molecular weight excluding hydrogens is 208 g/mol. The van der Waals surface area contributed by atoms with Crippen molar-refractivity contribution in [3.8, 4) is 0 Å². The van der Waals surface area contributed by atoms with Crippen molar-refractivity contribution in [2.75, 3.05) is 27.2 Å². The minimum absolute atomic E-state index is 0.715. The van der Waals surface area contributed by atoms with Crippen molar-refractivity contribution in [1.29, 1.82) is 0 Å². The molecule has 0 bridgehead atoms. The summed E-state index contributed by atoms with van der Waals surface area (Å²) in [5.41, 5.74) is 0. The molecule has 2 rings (SSSR count). The topological polar surface area (TPSA) is 15.3 Å². The van der Waals surface area contributed by atoms with E-state index in [9.17, 15) is 0 Å². The first-order valence-electron chi connectivity index (χ1n) is 7.63. The third-order valence-corrected chi connectivity index (χ3v) is 4.93. The molecule has 2 aliphatic rings. The van der Waals surface area contributed by atoms with Crippen LogP contribution in [-0.4, -0.2) is 38.1 Å². The summed E-state index contributed by atoms with van der Waals surface area (Å²) in [6.07, 6.45) is 11.7. The Hall–Kier alpha value is -0.0800. The van der Waals surface area contributed by atoms with Gasteiger partial charge in [0.1, 0.15) is 0 Å². The first kappa shape index (κ1) is 13.4. The van der Waals surface area contributed by atoms with Gasteiger partial charge in [-0.1, -0.05) is 38.5 Å². The fourth-order valence-electron chi connectivity index (χ4n) is 3.07. The third-order valence-electron chi connectivity index (χ3n) is 4.93. The van der Waals surface area contributed by atoms with E-state index >= 15 is 0 Å².